The predicted molar refractivity (Wildman–Crippen MR) is 58.4 cm³/mol. The van der Waals surface area contributed by atoms with Crippen LogP contribution < -0.4 is 15.6 Å². The van der Waals surface area contributed by atoms with Gasteiger partial charge in [-0.25, -0.2) is 5.43 Å². The summed E-state index contributed by atoms with van der Waals surface area (Å²) in [6, 6.07) is 2.98. The lowest BCUT2D eigenvalue weighted by atomic mass is 10.2. The number of hydrogen-bond donors (Lipinski definition) is 1. The van der Waals surface area contributed by atoms with E-state index >= 15 is 0 Å². The molecule has 8 heteroatoms. The maximum absolute atomic E-state index is 11.5. The second-order valence-corrected chi connectivity index (χ2v) is 3.40. The Labute approximate surface area is 107 Å². The molecule has 0 aliphatic heterocycles. The number of rotatable bonds is 6. The molecule has 1 amide bonds. The number of carbonyl (C=O) groups excluding carboxylic acids is 3. The maximum atomic E-state index is 11.5. The topological polar surface area (TPSA) is 135 Å². The van der Waals surface area contributed by atoms with Crippen LogP contribution in [0.25, 0.3) is 0 Å². The van der Waals surface area contributed by atoms with Crippen molar-refractivity contribution in [1.82, 2.24) is 10.4 Å². The van der Waals surface area contributed by atoms with Gasteiger partial charge in [0.25, 0.3) is 5.91 Å². The van der Waals surface area contributed by atoms with Crippen molar-refractivity contribution in [3.05, 3.63) is 30.1 Å². The minimum absolute atomic E-state index is 0.184. The summed E-state index contributed by atoms with van der Waals surface area (Å²) >= 11 is 0. The van der Waals surface area contributed by atoms with Gasteiger partial charge in [-0.05, 0) is 25.0 Å². The van der Waals surface area contributed by atoms with Crippen molar-refractivity contribution in [2.45, 2.75) is 12.8 Å². The Morgan fingerprint density at radius 1 is 1.26 bits per heavy atom. The summed E-state index contributed by atoms with van der Waals surface area (Å²) in [6.07, 6.45) is 1.80. The number of pyridine rings is 1. The zero-order chi connectivity index (χ0) is 14.3. The standard InChI is InChI=1S/C11H11N3O5/c15-9(16)4-3-8(11(18)19)13-14-10(17)7-2-1-5-12-6-7/h1-2,5-6H,3-4H2,(H,14,17)(H,15,16)(H,18,19)/p-2/b13-8+. The van der Waals surface area contributed by atoms with Crippen LogP contribution >= 0.6 is 0 Å². The molecule has 0 bridgehead atoms. The second kappa shape index (κ2) is 6.84. The number of nitrogens with zero attached hydrogens (tertiary/aromatic N) is 2. The number of hydrazone groups is 1. The van der Waals surface area contributed by atoms with Gasteiger partial charge in [-0.15, -0.1) is 0 Å². The van der Waals surface area contributed by atoms with E-state index in [0.29, 0.717) is 0 Å². The molecule has 0 aliphatic rings. The summed E-state index contributed by atoms with van der Waals surface area (Å²) in [4.78, 5) is 36.1. The molecule has 0 aromatic carbocycles. The molecule has 0 saturated carbocycles. The van der Waals surface area contributed by atoms with Gasteiger partial charge in [-0.3, -0.25) is 9.78 Å². The van der Waals surface area contributed by atoms with E-state index in [1.54, 1.807) is 0 Å². The van der Waals surface area contributed by atoms with Crippen LogP contribution in [0.5, 0.6) is 0 Å². The fraction of sp³-hybridized carbons (Fsp3) is 0.182. The number of carboxylic acid groups (broad SMARTS) is 2. The second-order valence-electron chi connectivity index (χ2n) is 3.40. The Morgan fingerprint density at radius 3 is 2.53 bits per heavy atom. The molecule has 1 heterocycles. The molecule has 0 radical (unpaired) electrons. The fourth-order valence-corrected chi connectivity index (χ4v) is 1.10. The molecule has 0 fully saturated rings. The lowest BCUT2D eigenvalue weighted by molar-refractivity contribution is -0.305. The normalized spacial score (nSPS) is 10.8. The van der Waals surface area contributed by atoms with E-state index in [1.807, 2.05) is 5.43 Å². The Kier molecular flexibility index (Phi) is 5.15. The quantitative estimate of drug-likeness (QED) is 0.443. The first-order valence-electron chi connectivity index (χ1n) is 5.19. The molecule has 0 unspecified atom stereocenters. The molecule has 8 nitrogen and oxygen atoms in total. The van der Waals surface area contributed by atoms with E-state index in [-0.39, 0.29) is 5.56 Å². The zero-order valence-electron chi connectivity index (χ0n) is 9.66. The number of amides is 1. The number of aliphatic carboxylic acids is 2. The maximum Gasteiger partial charge on any atom is 0.272 e. The first-order valence-corrected chi connectivity index (χ1v) is 5.19. The highest BCUT2D eigenvalue weighted by atomic mass is 16.4. The van der Waals surface area contributed by atoms with Gasteiger partial charge in [-0.1, -0.05) is 0 Å². The van der Waals surface area contributed by atoms with E-state index in [4.69, 9.17) is 0 Å². The highest BCUT2D eigenvalue weighted by Gasteiger charge is 2.06. The summed E-state index contributed by atoms with van der Waals surface area (Å²) in [5.41, 5.74) is 1.58. The Hall–Kier alpha value is -2.77. The number of carbonyl (C=O) groups is 3. The molecular formula is C11H9N3O5-2. The molecule has 100 valence electrons. The minimum Gasteiger partial charge on any atom is -0.550 e. The van der Waals surface area contributed by atoms with Crippen molar-refractivity contribution in [3.8, 4) is 0 Å². The zero-order valence-corrected chi connectivity index (χ0v) is 9.66. The van der Waals surface area contributed by atoms with Gasteiger partial charge < -0.3 is 19.8 Å². The van der Waals surface area contributed by atoms with Crippen LogP contribution in [0.15, 0.2) is 29.6 Å². The fourth-order valence-electron chi connectivity index (χ4n) is 1.10. The lowest BCUT2D eigenvalue weighted by Gasteiger charge is -2.08. The number of aromatic nitrogens is 1. The molecule has 1 N–H and O–H groups in total. The third-order valence-corrected chi connectivity index (χ3v) is 2.02. The smallest absolute Gasteiger partial charge is 0.272 e. The van der Waals surface area contributed by atoms with Crippen molar-refractivity contribution < 1.29 is 24.6 Å². The Balaban J connectivity index is 2.68. The third-order valence-electron chi connectivity index (χ3n) is 2.02. The summed E-state index contributed by atoms with van der Waals surface area (Å²) in [6.45, 7) is 0. The van der Waals surface area contributed by atoms with Gasteiger partial charge in [0.15, 0.2) is 0 Å². The highest BCUT2D eigenvalue weighted by molar-refractivity contribution is 6.34. The molecule has 19 heavy (non-hydrogen) atoms. The summed E-state index contributed by atoms with van der Waals surface area (Å²) in [5.74, 6) is -3.75. The average Bonchev–Trinajstić information content (AvgIpc) is 2.38. The SMILES string of the molecule is O=C([O-])CC/C(=N\NC(=O)c1cccnc1)C(=O)[O-]. The molecular weight excluding hydrogens is 254 g/mol. The third kappa shape index (κ3) is 4.94. The van der Waals surface area contributed by atoms with Gasteiger partial charge in [0.1, 0.15) is 0 Å². The average molecular weight is 263 g/mol. The van der Waals surface area contributed by atoms with Crippen LogP contribution in [0.4, 0.5) is 0 Å². The van der Waals surface area contributed by atoms with Crippen LogP contribution in [-0.2, 0) is 9.59 Å². The summed E-state index contributed by atoms with van der Waals surface area (Å²) in [5, 5.41) is 24.2. The minimum atomic E-state index is -1.66. The van der Waals surface area contributed by atoms with Crippen molar-refractivity contribution in [3.63, 3.8) is 0 Å². The van der Waals surface area contributed by atoms with E-state index in [0.717, 1.165) is 0 Å². The summed E-state index contributed by atoms with van der Waals surface area (Å²) in [7, 11) is 0. The van der Waals surface area contributed by atoms with E-state index in [9.17, 15) is 24.6 Å². The van der Waals surface area contributed by atoms with Gasteiger partial charge in [0, 0.05) is 18.4 Å². The van der Waals surface area contributed by atoms with Crippen LogP contribution in [0.1, 0.15) is 23.2 Å². The lowest BCUT2D eigenvalue weighted by Crippen LogP contribution is -2.35. The monoisotopic (exact) mass is 263 g/mol. The van der Waals surface area contributed by atoms with E-state index in [2.05, 4.69) is 10.1 Å². The molecule has 1 rings (SSSR count). The number of nitrogens with one attached hydrogen (secondary N) is 1. The van der Waals surface area contributed by atoms with Gasteiger partial charge in [-0.2, -0.15) is 5.10 Å². The predicted octanol–water partition coefficient (Wildman–Crippen LogP) is -2.55. The van der Waals surface area contributed by atoms with Gasteiger partial charge in [0.05, 0.1) is 17.2 Å². The van der Waals surface area contributed by atoms with Crippen molar-refractivity contribution in [2.24, 2.45) is 5.10 Å². The molecule has 1 aromatic heterocycles. The molecule has 0 atom stereocenters. The number of carboxylic acids is 2. The van der Waals surface area contributed by atoms with Crippen molar-refractivity contribution in [1.29, 1.82) is 0 Å². The molecule has 0 aliphatic carbocycles. The first kappa shape index (κ1) is 14.3. The van der Waals surface area contributed by atoms with Gasteiger partial charge in [0.2, 0.25) is 0 Å². The van der Waals surface area contributed by atoms with E-state index < -0.39 is 36.4 Å². The van der Waals surface area contributed by atoms with Gasteiger partial charge >= 0.3 is 0 Å². The van der Waals surface area contributed by atoms with Crippen molar-refractivity contribution in [2.75, 3.05) is 0 Å². The highest BCUT2D eigenvalue weighted by Crippen LogP contribution is 1.96. The van der Waals surface area contributed by atoms with Crippen LogP contribution in [0.3, 0.4) is 0 Å². The molecule has 1 aromatic rings. The van der Waals surface area contributed by atoms with Crippen molar-refractivity contribution >= 4 is 23.6 Å². The first-order chi connectivity index (χ1) is 9.00. The van der Waals surface area contributed by atoms with Crippen LogP contribution in [0.2, 0.25) is 0 Å². The van der Waals surface area contributed by atoms with Crippen LogP contribution in [0, 0.1) is 0 Å². The Bertz CT molecular complexity index is 512. The number of hydrogen-bond acceptors (Lipinski definition) is 7. The summed E-state index contributed by atoms with van der Waals surface area (Å²) < 4.78 is 0. The van der Waals surface area contributed by atoms with E-state index in [1.165, 1.54) is 24.5 Å². The molecule has 0 spiro atoms. The largest absolute Gasteiger partial charge is 0.550 e. The molecule has 0 saturated heterocycles. The Morgan fingerprint density at radius 2 is 2.00 bits per heavy atom. The van der Waals surface area contributed by atoms with Crippen LogP contribution in [-0.4, -0.2) is 28.5 Å².